The number of halogens is 1. The highest BCUT2D eigenvalue weighted by atomic mass is 35.5. The summed E-state index contributed by atoms with van der Waals surface area (Å²) < 4.78 is 0. The molecule has 1 aromatic rings. The second kappa shape index (κ2) is 4.84. The molecule has 0 aliphatic carbocycles. The van der Waals surface area contributed by atoms with Gasteiger partial charge < -0.3 is 10.4 Å². The highest BCUT2D eigenvalue weighted by molar-refractivity contribution is 6.30. The maximum absolute atomic E-state index is 9.08. The van der Waals surface area contributed by atoms with E-state index in [1.165, 1.54) is 6.07 Å². The summed E-state index contributed by atoms with van der Waals surface area (Å²) in [6.45, 7) is 0.778. The van der Waals surface area contributed by atoms with Crippen molar-refractivity contribution in [1.29, 1.82) is 0 Å². The lowest BCUT2D eigenvalue weighted by molar-refractivity contribution is 0.473. The maximum atomic E-state index is 9.08. The smallest absolute Gasteiger partial charge is 0.171 e. The summed E-state index contributed by atoms with van der Waals surface area (Å²) >= 11 is 5.62. The van der Waals surface area contributed by atoms with Gasteiger partial charge in [-0.05, 0) is 25.3 Å². The van der Waals surface area contributed by atoms with E-state index >= 15 is 0 Å². The molecule has 0 aliphatic rings. The van der Waals surface area contributed by atoms with Crippen molar-refractivity contribution in [2.24, 2.45) is 0 Å². The summed E-state index contributed by atoms with van der Waals surface area (Å²) in [4.78, 5) is 3.95. The predicted octanol–water partition coefficient (Wildman–Crippen LogP) is 1.67. The predicted molar refractivity (Wildman–Crippen MR) is 53.9 cm³/mol. The minimum atomic E-state index is 0.00688. The molecule has 3 nitrogen and oxygen atoms in total. The van der Waals surface area contributed by atoms with Crippen LogP contribution in [-0.4, -0.2) is 23.7 Å². The average molecular weight is 199 g/mol. The van der Waals surface area contributed by atoms with E-state index in [2.05, 4.69) is 10.3 Å². The van der Waals surface area contributed by atoms with Gasteiger partial charge in [0.25, 0.3) is 0 Å². The number of hydrogen-bond acceptors (Lipinski definition) is 3. The first-order valence-corrected chi connectivity index (χ1v) is 4.28. The first-order chi connectivity index (χ1) is 6.24. The van der Waals surface area contributed by atoms with Crippen molar-refractivity contribution < 1.29 is 5.11 Å². The van der Waals surface area contributed by atoms with Crippen LogP contribution in [0.2, 0.25) is 5.15 Å². The van der Waals surface area contributed by atoms with Crippen LogP contribution in [0.4, 0.5) is 0 Å². The van der Waals surface area contributed by atoms with E-state index in [0.29, 0.717) is 0 Å². The van der Waals surface area contributed by atoms with Gasteiger partial charge >= 0.3 is 0 Å². The largest absolute Gasteiger partial charge is 0.505 e. The lowest BCUT2D eigenvalue weighted by Crippen LogP contribution is -2.03. The Kier molecular flexibility index (Phi) is 3.73. The minimum absolute atomic E-state index is 0.00688. The van der Waals surface area contributed by atoms with E-state index in [1.54, 1.807) is 6.07 Å². The van der Waals surface area contributed by atoms with E-state index in [0.717, 1.165) is 12.2 Å². The number of rotatable bonds is 3. The lowest BCUT2D eigenvalue weighted by Gasteiger charge is -1.96. The van der Waals surface area contributed by atoms with Crippen molar-refractivity contribution in [3.63, 3.8) is 0 Å². The third-order valence-electron chi connectivity index (χ3n) is 1.46. The average Bonchev–Trinajstić information content (AvgIpc) is 2.12. The molecule has 2 N–H and O–H groups in total. The van der Waals surface area contributed by atoms with Crippen molar-refractivity contribution in [3.05, 3.63) is 29.1 Å². The van der Waals surface area contributed by atoms with Gasteiger partial charge in [0.15, 0.2) is 10.9 Å². The van der Waals surface area contributed by atoms with Gasteiger partial charge in [-0.15, -0.1) is 0 Å². The Balaban J connectivity index is 2.73. The fourth-order valence-electron chi connectivity index (χ4n) is 0.831. The zero-order valence-electron chi connectivity index (χ0n) is 7.29. The standard InChI is InChI=1S/C9H11ClN2O/c1-11-6-2-3-7-4-5-8(13)9(10)12-7/h2-5,11,13H,6H2,1H3. The summed E-state index contributed by atoms with van der Waals surface area (Å²) in [5.41, 5.74) is 0.734. The van der Waals surface area contributed by atoms with Crippen LogP contribution in [0, 0.1) is 0 Å². The SMILES string of the molecule is CNCC=Cc1ccc(O)c(Cl)n1. The zero-order valence-corrected chi connectivity index (χ0v) is 8.04. The van der Waals surface area contributed by atoms with E-state index in [9.17, 15) is 0 Å². The molecule has 0 aromatic carbocycles. The summed E-state index contributed by atoms with van der Waals surface area (Å²) in [6.07, 6.45) is 3.76. The summed E-state index contributed by atoms with van der Waals surface area (Å²) in [5.74, 6) is 0.00688. The van der Waals surface area contributed by atoms with Crippen molar-refractivity contribution in [1.82, 2.24) is 10.3 Å². The Morgan fingerprint density at radius 1 is 1.62 bits per heavy atom. The molecule has 0 atom stereocenters. The molecule has 1 rings (SSSR count). The Bertz CT molecular complexity index is 312. The molecular formula is C9H11ClN2O. The fourth-order valence-corrected chi connectivity index (χ4v) is 0.992. The van der Waals surface area contributed by atoms with Crippen molar-refractivity contribution in [3.8, 4) is 5.75 Å². The second-order valence-electron chi connectivity index (χ2n) is 2.51. The Labute approximate surface area is 82.1 Å². The van der Waals surface area contributed by atoms with Crippen LogP contribution < -0.4 is 5.32 Å². The van der Waals surface area contributed by atoms with Crippen molar-refractivity contribution in [2.45, 2.75) is 0 Å². The molecule has 0 saturated carbocycles. The maximum Gasteiger partial charge on any atom is 0.171 e. The van der Waals surface area contributed by atoms with Crippen molar-refractivity contribution in [2.75, 3.05) is 13.6 Å². The first kappa shape index (κ1) is 10.0. The number of aromatic nitrogens is 1. The summed E-state index contributed by atoms with van der Waals surface area (Å²) in [5, 5.41) is 12.2. The Morgan fingerprint density at radius 3 is 3.00 bits per heavy atom. The molecule has 1 heterocycles. The van der Waals surface area contributed by atoms with Crippen LogP contribution in [0.5, 0.6) is 5.75 Å². The number of likely N-dealkylation sites (N-methyl/N-ethyl adjacent to an activating group) is 1. The van der Waals surface area contributed by atoms with E-state index in [1.807, 2.05) is 19.2 Å². The highest BCUT2D eigenvalue weighted by Gasteiger charge is 1.98. The van der Waals surface area contributed by atoms with Crippen LogP contribution in [0.1, 0.15) is 5.69 Å². The number of aromatic hydroxyl groups is 1. The number of nitrogens with zero attached hydrogens (tertiary/aromatic N) is 1. The van der Waals surface area contributed by atoms with Crippen LogP contribution in [0.3, 0.4) is 0 Å². The van der Waals surface area contributed by atoms with Crippen LogP contribution in [0.15, 0.2) is 18.2 Å². The van der Waals surface area contributed by atoms with Crippen LogP contribution in [-0.2, 0) is 0 Å². The highest BCUT2D eigenvalue weighted by Crippen LogP contribution is 2.20. The monoisotopic (exact) mass is 198 g/mol. The van der Waals surface area contributed by atoms with Gasteiger partial charge in [-0.3, -0.25) is 0 Å². The molecule has 0 aliphatic heterocycles. The third kappa shape index (κ3) is 3.05. The third-order valence-corrected chi connectivity index (χ3v) is 1.74. The molecule has 0 spiro atoms. The van der Waals surface area contributed by atoms with Gasteiger partial charge in [0.1, 0.15) is 0 Å². The van der Waals surface area contributed by atoms with Gasteiger partial charge in [0, 0.05) is 6.54 Å². The Hall–Kier alpha value is -1.06. The topological polar surface area (TPSA) is 45.1 Å². The second-order valence-corrected chi connectivity index (χ2v) is 2.86. The number of nitrogens with one attached hydrogen (secondary N) is 1. The molecule has 13 heavy (non-hydrogen) atoms. The molecule has 0 bridgehead atoms. The van der Waals surface area contributed by atoms with E-state index in [-0.39, 0.29) is 10.9 Å². The lowest BCUT2D eigenvalue weighted by atomic mass is 10.3. The van der Waals surface area contributed by atoms with Gasteiger partial charge in [-0.2, -0.15) is 0 Å². The number of pyridine rings is 1. The van der Waals surface area contributed by atoms with Crippen LogP contribution >= 0.6 is 11.6 Å². The Morgan fingerprint density at radius 2 is 2.38 bits per heavy atom. The molecule has 4 heteroatoms. The molecule has 0 amide bonds. The van der Waals surface area contributed by atoms with Gasteiger partial charge in [-0.25, -0.2) is 4.98 Å². The zero-order chi connectivity index (χ0) is 9.68. The summed E-state index contributed by atoms with van der Waals surface area (Å²) in [6, 6.07) is 3.22. The van der Waals surface area contributed by atoms with E-state index < -0.39 is 0 Å². The molecule has 0 saturated heterocycles. The van der Waals surface area contributed by atoms with Gasteiger partial charge in [-0.1, -0.05) is 17.7 Å². The van der Waals surface area contributed by atoms with Crippen LogP contribution in [0.25, 0.3) is 6.08 Å². The first-order valence-electron chi connectivity index (χ1n) is 3.90. The molecule has 0 unspecified atom stereocenters. The van der Waals surface area contributed by atoms with Gasteiger partial charge in [0.05, 0.1) is 5.69 Å². The summed E-state index contributed by atoms with van der Waals surface area (Å²) in [7, 11) is 1.86. The molecule has 70 valence electrons. The fraction of sp³-hybridized carbons (Fsp3) is 0.222. The van der Waals surface area contributed by atoms with E-state index in [4.69, 9.17) is 16.7 Å². The molecule has 1 aromatic heterocycles. The normalized spacial score (nSPS) is 10.9. The molecule has 0 radical (unpaired) electrons. The quantitative estimate of drug-likeness (QED) is 0.727. The molecule has 0 fully saturated rings. The molecular weight excluding hydrogens is 188 g/mol. The minimum Gasteiger partial charge on any atom is -0.505 e. The number of hydrogen-bond donors (Lipinski definition) is 2. The van der Waals surface area contributed by atoms with Crippen molar-refractivity contribution >= 4 is 17.7 Å². The van der Waals surface area contributed by atoms with Gasteiger partial charge in [0.2, 0.25) is 0 Å².